The van der Waals surface area contributed by atoms with E-state index in [-0.39, 0.29) is 19.1 Å². The number of rotatable bonds is 78. The predicted octanol–water partition coefficient (Wildman–Crippen LogP) is 26.7. The van der Waals surface area contributed by atoms with Gasteiger partial charge in [-0.2, -0.15) is 0 Å². The van der Waals surface area contributed by atoms with Crippen LogP contribution >= 0.6 is 7.82 Å². The lowest BCUT2D eigenvalue weighted by Crippen LogP contribution is -2.45. The molecule has 0 rings (SSSR count). The summed E-state index contributed by atoms with van der Waals surface area (Å²) in [6.45, 7) is 4.68. The molecule has 1 amide bonds. The van der Waals surface area contributed by atoms with Gasteiger partial charge in [0, 0.05) is 6.42 Å². The number of nitrogens with zero attached hydrogens (tertiary/aromatic N) is 1. The van der Waals surface area contributed by atoms with Crippen LogP contribution in [0.1, 0.15) is 431 Å². The highest BCUT2D eigenvalue weighted by Crippen LogP contribution is 2.38. The Kier molecular flexibility index (Phi) is 73.4. The molecule has 0 aliphatic rings. The monoisotopic (exact) mass is 1330 g/mol. The van der Waals surface area contributed by atoms with Crippen molar-refractivity contribution in [2.75, 3.05) is 40.9 Å². The van der Waals surface area contributed by atoms with Gasteiger partial charge in [0.1, 0.15) is 13.2 Å². The zero-order valence-electron chi connectivity index (χ0n) is 63.2. The number of nitrogens with one attached hydrogen (secondary N) is 1. The third-order valence-electron chi connectivity index (χ3n) is 19.3. The van der Waals surface area contributed by atoms with Crippen LogP contribution in [0.25, 0.3) is 0 Å². The van der Waals surface area contributed by atoms with Crippen LogP contribution in [0.2, 0.25) is 0 Å². The van der Waals surface area contributed by atoms with E-state index in [0.29, 0.717) is 17.4 Å². The van der Waals surface area contributed by atoms with Crippen LogP contribution < -0.4 is 10.2 Å². The number of amides is 1. The third-order valence-corrected chi connectivity index (χ3v) is 20.2. The normalized spacial score (nSPS) is 13.7. The van der Waals surface area contributed by atoms with Gasteiger partial charge < -0.3 is 28.8 Å². The second kappa shape index (κ2) is 74.7. The van der Waals surface area contributed by atoms with E-state index in [9.17, 15) is 19.4 Å². The Morgan fingerprint density at radius 1 is 0.376 bits per heavy atom. The van der Waals surface area contributed by atoms with Crippen molar-refractivity contribution in [1.82, 2.24) is 5.32 Å². The number of phosphoric acid groups is 1. The number of hydrogen-bond acceptors (Lipinski definition) is 6. The molecule has 0 saturated heterocycles. The third kappa shape index (κ3) is 77.7. The molecule has 9 heteroatoms. The van der Waals surface area contributed by atoms with E-state index >= 15 is 0 Å². The first-order valence-electron chi connectivity index (χ1n) is 41.5. The molecule has 93 heavy (non-hydrogen) atoms. The van der Waals surface area contributed by atoms with E-state index in [4.69, 9.17) is 9.05 Å². The number of unbranched alkanes of at least 4 members (excludes halogenated alkanes) is 59. The van der Waals surface area contributed by atoms with E-state index < -0.39 is 20.0 Å². The Bertz CT molecular complexity index is 1660. The topological polar surface area (TPSA) is 108 Å². The number of likely N-dealkylation sites (N-methyl/N-ethyl adjacent to an activating group) is 1. The summed E-state index contributed by atoms with van der Waals surface area (Å²) in [5, 5.41) is 14.0. The van der Waals surface area contributed by atoms with Gasteiger partial charge in [0.2, 0.25) is 5.91 Å². The van der Waals surface area contributed by atoms with E-state index in [1.165, 1.54) is 366 Å². The standard InChI is InChI=1S/C84H163N2O6P/c1-6-8-10-12-14-16-18-20-22-24-26-28-30-32-34-36-38-39-40-41-42-43-44-45-46-47-48-50-52-54-56-58-60-62-64-66-68-70-72-74-76-78-84(88)85-82(81-92-93(89,90)91-80-79-86(3,4)5)83(87)77-75-73-71-69-67-65-63-61-59-57-55-53-51-49-37-35-33-31-29-27-25-23-21-19-17-15-13-11-9-7-2/h18,20,24,26,67,69,75,77,82-83,87H,6-17,19,21-23,25,27-66,68,70-74,76,78-81H2,1-5H3,(H-,85,88,89,90)/b20-18-,26-24-,69-67+,77-75+. The molecule has 0 heterocycles. The molecule has 0 aliphatic carbocycles. The second-order valence-corrected chi connectivity index (χ2v) is 31.2. The number of aliphatic hydroxyl groups is 1. The largest absolute Gasteiger partial charge is 0.756 e. The van der Waals surface area contributed by atoms with Crippen molar-refractivity contribution in [1.29, 1.82) is 0 Å². The van der Waals surface area contributed by atoms with Crippen molar-refractivity contribution in [3.05, 3.63) is 48.6 Å². The van der Waals surface area contributed by atoms with Gasteiger partial charge in [0.05, 0.1) is 39.9 Å². The zero-order valence-corrected chi connectivity index (χ0v) is 64.1. The molecule has 0 saturated carbocycles. The molecule has 0 aromatic rings. The predicted molar refractivity (Wildman–Crippen MR) is 408 cm³/mol. The highest BCUT2D eigenvalue weighted by Gasteiger charge is 2.23. The molecule has 0 spiro atoms. The van der Waals surface area contributed by atoms with E-state index in [2.05, 4.69) is 55.6 Å². The van der Waals surface area contributed by atoms with Crippen molar-refractivity contribution in [3.8, 4) is 0 Å². The van der Waals surface area contributed by atoms with Crippen LogP contribution in [0, 0.1) is 0 Å². The van der Waals surface area contributed by atoms with E-state index in [1.54, 1.807) is 6.08 Å². The van der Waals surface area contributed by atoms with Crippen LogP contribution in [-0.2, 0) is 18.4 Å². The Hall–Kier alpha value is -1.54. The summed E-state index contributed by atoms with van der Waals surface area (Å²) in [6, 6.07) is -0.904. The number of quaternary nitrogens is 1. The first-order valence-corrected chi connectivity index (χ1v) is 43.0. The Morgan fingerprint density at radius 3 is 0.935 bits per heavy atom. The Balaban J connectivity index is 3.92. The molecule has 2 N–H and O–H groups in total. The number of aliphatic hydroxyl groups excluding tert-OH is 1. The molecule has 0 aliphatic heterocycles. The number of carbonyl (C=O) groups excluding carboxylic acids is 1. The zero-order chi connectivity index (χ0) is 67.6. The maximum Gasteiger partial charge on any atom is 0.268 e. The molecule has 3 atom stereocenters. The smallest absolute Gasteiger partial charge is 0.268 e. The van der Waals surface area contributed by atoms with Crippen LogP contribution in [0.4, 0.5) is 0 Å². The summed E-state index contributed by atoms with van der Waals surface area (Å²) in [7, 11) is 1.26. The van der Waals surface area contributed by atoms with Crippen LogP contribution in [0.15, 0.2) is 48.6 Å². The Morgan fingerprint density at radius 2 is 0.634 bits per heavy atom. The summed E-state index contributed by atoms with van der Waals surface area (Å²) < 4.78 is 23.5. The molecule has 0 aromatic carbocycles. The number of allylic oxidation sites excluding steroid dienone is 7. The average molecular weight is 1330 g/mol. The molecule has 3 unspecified atom stereocenters. The molecule has 0 aromatic heterocycles. The highest BCUT2D eigenvalue weighted by molar-refractivity contribution is 7.45. The molecular formula is C84H163N2O6P. The van der Waals surface area contributed by atoms with Crippen LogP contribution in [-0.4, -0.2) is 68.5 Å². The van der Waals surface area contributed by atoms with Gasteiger partial charge in [-0.15, -0.1) is 0 Å². The SMILES string of the molecule is CCCCCCC/C=C\C/C=C\CCCCCCCCCCCCCCCCCCCCCCCCCCCCCCCC(=O)NC(COP(=O)([O-])OCC[N+](C)(C)C)C(O)/C=C/CC/C=C/CCCCCCCCCCCCCCCCCCCCCCCCCC. The first kappa shape index (κ1) is 91.5. The fraction of sp³-hybridized carbons (Fsp3) is 0.893. The lowest BCUT2D eigenvalue weighted by molar-refractivity contribution is -0.870. The van der Waals surface area contributed by atoms with Crippen molar-refractivity contribution in [2.45, 2.75) is 443 Å². The molecule has 550 valence electrons. The molecule has 0 fully saturated rings. The summed E-state index contributed by atoms with van der Waals surface area (Å²) >= 11 is 0. The first-order chi connectivity index (χ1) is 45.5. The van der Waals surface area contributed by atoms with Gasteiger partial charge >= 0.3 is 0 Å². The van der Waals surface area contributed by atoms with Gasteiger partial charge in [-0.1, -0.05) is 409 Å². The number of hydrogen-bond donors (Lipinski definition) is 2. The molecule has 0 radical (unpaired) electrons. The lowest BCUT2D eigenvalue weighted by atomic mass is 10.0. The van der Waals surface area contributed by atoms with Crippen LogP contribution in [0.3, 0.4) is 0 Å². The van der Waals surface area contributed by atoms with Gasteiger partial charge in [0.15, 0.2) is 0 Å². The fourth-order valence-corrected chi connectivity index (χ4v) is 13.6. The minimum Gasteiger partial charge on any atom is -0.756 e. The minimum atomic E-state index is -4.62. The number of phosphoric ester groups is 1. The van der Waals surface area contributed by atoms with Crippen molar-refractivity contribution < 1.29 is 32.9 Å². The molecule has 0 bridgehead atoms. The minimum absolute atomic E-state index is 0.00436. The van der Waals surface area contributed by atoms with Gasteiger partial charge in [0.25, 0.3) is 7.82 Å². The van der Waals surface area contributed by atoms with E-state index in [0.717, 1.165) is 44.9 Å². The molecule has 8 nitrogen and oxygen atoms in total. The van der Waals surface area contributed by atoms with Gasteiger partial charge in [-0.25, -0.2) is 0 Å². The molecular weight excluding hydrogens is 1160 g/mol. The van der Waals surface area contributed by atoms with Crippen molar-refractivity contribution in [3.63, 3.8) is 0 Å². The maximum absolute atomic E-state index is 13.1. The quantitative estimate of drug-likeness (QED) is 0.0272. The Labute approximate surface area is 581 Å². The average Bonchev–Trinajstić information content (AvgIpc) is 2.75. The summed E-state index contributed by atoms with van der Waals surface area (Å²) in [5.41, 5.74) is 0. The summed E-state index contributed by atoms with van der Waals surface area (Å²) in [5.74, 6) is -0.198. The highest BCUT2D eigenvalue weighted by atomic mass is 31.2. The van der Waals surface area contributed by atoms with E-state index in [1.807, 2.05) is 27.2 Å². The van der Waals surface area contributed by atoms with Crippen LogP contribution in [0.5, 0.6) is 0 Å². The van der Waals surface area contributed by atoms with Gasteiger partial charge in [-0.05, 0) is 64.2 Å². The van der Waals surface area contributed by atoms with Crippen molar-refractivity contribution >= 4 is 13.7 Å². The fourth-order valence-electron chi connectivity index (χ4n) is 12.9. The van der Waals surface area contributed by atoms with Crippen molar-refractivity contribution in [2.24, 2.45) is 0 Å². The maximum atomic E-state index is 13.1. The number of carbonyl (C=O) groups is 1. The summed E-state index contributed by atoms with van der Waals surface area (Å²) in [4.78, 5) is 25.7. The summed E-state index contributed by atoms with van der Waals surface area (Å²) in [6.07, 6.45) is 103. The van der Waals surface area contributed by atoms with Gasteiger partial charge in [-0.3, -0.25) is 9.36 Å². The lowest BCUT2D eigenvalue weighted by Gasteiger charge is -2.29. The second-order valence-electron chi connectivity index (χ2n) is 29.8.